The zero-order valence-corrected chi connectivity index (χ0v) is 14.5. The Kier molecular flexibility index (Phi) is 5.90. The summed E-state index contributed by atoms with van der Waals surface area (Å²) in [6.45, 7) is 1.56. The molecule has 6 heteroatoms. The predicted octanol–water partition coefficient (Wildman–Crippen LogP) is 0.765. The largest absolute Gasteiger partial charge is 0.462 e. The van der Waals surface area contributed by atoms with Crippen LogP contribution < -0.4 is 4.74 Å². The van der Waals surface area contributed by atoms with Crippen molar-refractivity contribution in [3.63, 3.8) is 0 Å². The van der Waals surface area contributed by atoms with E-state index < -0.39 is 37.3 Å². The van der Waals surface area contributed by atoms with Gasteiger partial charge in [0.15, 0.2) is 0 Å². The van der Waals surface area contributed by atoms with E-state index in [-0.39, 0.29) is 0 Å². The summed E-state index contributed by atoms with van der Waals surface area (Å²) in [6, 6.07) is 15.7. The van der Waals surface area contributed by atoms with E-state index in [1.807, 2.05) is 12.1 Å². The van der Waals surface area contributed by atoms with Crippen molar-refractivity contribution in [3.05, 3.63) is 65.2 Å². The van der Waals surface area contributed by atoms with Gasteiger partial charge in [-0.25, -0.2) is 0 Å². The van der Waals surface area contributed by atoms with Gasteiger partial charge in [0.05, 0.1) is 6.61 Å². The van der Waals surface area contributed by atoms with Crippen molar-refractivity contribution in [1.82, 2.24) is 0 Å². The number of aliphatic hydroxyl groups excluding tert-OH is 4. The summed E-state index contributed by atoms with van der Waals surface area (Å²) in [4.78, 5) is 0. The molecule has 0 aliphatic carbocycles. The minimum atomic E-state index is -1.45. The van der Waals surface area contributed by atoms with Gasteiger partial charge in [-0.05, 0) is 36.6 Å². The summed E-state index contributed by atoms with van der Waals surface area (Å²) in [5.74, 6) is 0.460. The van der Waals surface area contributed by atoms with Gasteiger partial charge in [-0.15, -0.1) is 0 Å². The van der Waals surface area contributed by atoms with Crippen LogP contribution in [0.5, 0.6) is 5.75 Å². The molecule has 26 heavy (non-hydrogen) atoms. The number of hydrogen-bond donors (Lipinski definition) is 4. The molecule has 0 radical (unpaired) electrons. The summed E-state index contributed by atoms with van der Waals surface area (Å²) in [5, 5.41) is 38.8. The minimum absolute atomic E-state index is 0.460. The Morgan fingerprint density at radius 3 is 2.00 bits per heavy atom. The van der Waals surface area contributed by atoms with Crippen molar-refractivity contribution in [2.45, 2.75) is 44.1 Å². The van der Waals surface area contributed by atoms with E-state index in [9.17, 15) is 20.4 Å². The van der Waals surface area contributed by atoms with Crippen LogP contribution in [0.25, 0.3) is 0 Å². The van der Waals surface area contributed by atoms with Crippen LogP contribution in [0.3, 0.4) is 0 Å². The molecule has 1 aliphatic heterocycles. The molecule has 1 saturated heterocycles. The van der Waals surface area contributed by atoms with Crippen LogP contribution in [0.15, 0.2) is 48.5 Å². The third-order valence-corrected chi connectivity index (χ3v) is 4.55. The van der Waals surface area contributed by atoms with Crippen LogP contribution in [0.1, 0.15) is 16.7 Å². The first-order valence-corrected chi connectivity index (χ1v) is 8.59. The van der Waals surface area contributed by atoms with Crippen LogP contribution in [0.2, 0.25) is 0 Å². The Morgan fingerprint density at radius 1 is 0.846 bits per heavy atom. The van der Waals surface area contributed by atoms with E-state index in [1.54, 1.807) is 12.1 Å². The Balaban J connectivity index is 1.64. The molecule has 1 fully saturated rings. The molecule has 0 aromatic heterocycles. The van der Waals surface area contributed by atoms with Gasteiger partial charge < -0.3 is 29.9 Å². The molecule has 6 nitrogen and oxygen atoms in total. The van der Waals surface area contributed by atoms with E-state index in [0.717, 1.165) is 12.0 Å². The molecule has 1 aliphatic rings. The zero-order valence-electron chi connectivity index (χ0n) is 14.5. The molecule has 0 saturated carbocycles. The number of aliphatic hydroxyl groups is 4. The summed E-state index contributed by atoms with van der Waals surface area (Å²) in [5.41, 5.74) is 3.53. The van der Waals surface area contributed by atoms with E-state index in [2.05, 4.69) is 31.2 Å². The van der Waals surface area contributed by atoms with Crippen LogP contribution in [0.4, 0.5) is 0 Å². The molecule has 0 amide bonds. The van der Waals surface area contributed by atoms with Crippen molar-refractivity contribution in [2.75, 3.05) is 6.61 Å². The van der Waals surface area contributed by atoms with Crippen molar-refractivity contribution >= 4 is 0 Å². The van der Waals surface area contributed by atoms with Crippen LogP contribution in [-0.2, 0) is 11.2 Å². The SMILES string of the molecule is Cc1ccc(Cc2ccc(O[C@H]3O[C@H](CO)[C@@H](O)[C@H](O)[C@H]3O)cc2)cc1. The molecular formula is C20H24O6. The first kappa shape index (κ1) is 18.8. The van der Waals surface area contributed by atoms with E-state index >= 15 is 0 Å². The molecule has 0 unspecified atom stereocenters. The maximum Gasteiger partial charge on any atom is 0.229 e. The maximum absolute atomic E-state index is 10.0. The molecule has 2 aromatic rings. The average Bonchev–Trinajstić information content (AvgIpc) is 2.65. The third-order valence-electron chi connectivity index (χ3n) is 4.55. The molecule has 140 valence electrons. The van der Waals surface area contributed by atoms with Crippen LogP contribution in [0, 0.1) is 6.92 Å². The fourth-order valence-corrected chi connectivity index (χ4v) is 2.93. The maximum atomic E-state index is 10.0. The van der Waals surface area contributed by atoms with Crippen LogP contribution >= 0.6 is 0 Å². The van der Waals surface area contributed by atoms with Crippen LogP contribution in [-0.4, -0.2) is 57.7 Å². The van der Waals surface area contributed by atoms with E-state index in [4.69, 9.17) is 9.47 Å². The summed E-state index contributed by atoms with van der Waals surface area (Å²) in [6.07, 6.45) is -5.63. The second-order valence-corrected chi connectivity index (χ2v) is 6.62. The first-order valence-electron chi connectivity index (χ1n) is 8.59. The average molecular weight is 360 g/mol. The van der Waals surface area contributed by atoms with Crippen molar-refractivity contribution in [2.24, 2.45) is 0 Å². The summed E-state index contributed by atoms with van der Waals surface area (Å²) < 4.78 is 10.9. The quantitative estimate of drug-likeness (QED) is 0.628. The molecule has 0 bridgehead atoms. The number of rotatable bonds is 5. The number of aryl methyl sites for hydroxylation is 1. The summed E-state index contributed by atoms with van der Waals surface area (Å²) >= 11 is 0. The highest BCUT2D eigenvalue weighted by atomic mass is 16.7. The van der Waals surface area contributed by atoms with Gasteiger partial charge in [-0.1, -0.05) is 42.0 Å². The number of benzene rings is 2. The standard InChI is InChI=1S/C20H24O6/c1-12-2-4-13(5-3-12)10-14-6-8-15(9-7-14)25-20-19(24)18(23)17(22)16(11-21)26-20/h2-9,16-24H,10-11H2,1H3/t16-,17-,18+,19-,20+/m1/s1. The monoisotopic (exact) mass is 360 g/mol. The smallest absolute Gasteiger partial charge is 0.229 e. The second-order valence-electron chi connectivity index (χ2n) is 6.62. The second kappa shape index (κ2) is 8.16. The Hall–Kier alpha value is -1.96. The highest BCUT2D eigenvalue weighted by molar-refractivity contribution is 5.32. The Bertz CT molecular complexity index is 697. The highest BCUT2D eigenvalue weighted by Crippen LogP contribution is 2.25. The van der Waals surface area contributed by atoms with Gasteiger partial charge in [0, 0.05) is 0 Å². The van der Waals surface area contributed by atoms with E-state index in [0.29, 0.717) is 5.75 Å². The van der Waals surface area contributed by atoms with Crippen molar-refractivity contribution < 1.29 is 29.9 Å². The van der Waals surface area contributed by atoms with Gasteiger partial charge >= 0.3 is 0 Å². The fourth-order valence-electron chi connectivity index (χ4n) is 2.93. The topological polar surface area (TPSA) is 99.4 Å². The van der Waals surface area contributed by atoms with Crippen molar-refractivity contribution in [1.29, 1.82) is 0 Å². The van der Waals surface area contributed by atoms with Gasteiger partial charge in [-0.2, -0.15) is 0 Å². The molecule has 5 atom stereocenters. The normalized spacial score (nSPS) is 28.7. The first-order chi connectivity index (χ1) is 12.5. The highest BCUT2D eigenvalue weighted by Gasteiger charge is 2.44. The lowest BCUT2D eigenvalue weighted by Gasteiger charge is -2.39. The number of hydrogen-bond acceptors (Lipinski definition) is 6. The molecule has 1 heterocycles. The fraction of sp³-hybridized carbons (Fsp3) is 0.400. The molecule has 3 rings (SSSR count). The van der Waals surface area contributed by atoms with Gasteiger partial charge in [0.25, 0.3) is 0 Å². The lowest BCUT2D eigenvalue weighted by molar-refractivity contribution is -0.277. The molecular weight excluding hydrogens is 336 g/mol. The minimum Gasteiger partial charge on any atom is -0.462 e. The lowest BCUT2D eigenvalue weighted by atomic mass is 9.99. The number of ether oxygens (including phenoxy) is 2. The molecule has 0 spiro atoms. The van der Waals surface area contributed by atoms with Gasteiger partial charge in [0.2, 0.25) is 6.29 Å². The van der Waals surface area contributed by atoms with Gasteiger partial charge in [-0.3, -0.25) is 0 Å². The van der Waals surface area contributed by atoms with Crippen molar-refractivity contribution in [3.8, 4) is 5.75 Å². The lowest BCUT2D eigenvalue weighted by Crippen LogP contribution is -2.60. The third kappa shape index (κ3) is 4.23. The predicted molar refractivity (Wildman–Crippen MR) is 94.8 cm³/mol. The Labute approximate surface area is 152 Å². The zero-order chi connectivity index (χ0) is 18.7. The molecule has 4 N–H and O–H groups in total. The Morgan fingerprint density at radius 2 is 1.42 bits per heavy atom. The van der Waals surface area contributed by atoms with Gasteiger partial charge in [0.1, 0.15) is 30.2 Å². The summed E-state index contributed by atoms with van der Waals surface area (Å²) in [7, 11) is 0. The van der Waals surface area contributed by atoms with E-state index in [1.165, 1.54) is 11.1 Å². The molecule has 2 aromatic carbocycles.